The van der Waals surface area contributed by atoms with E-state index in [1.807, 2.05) is 56.0 Å². The van der Waals surface area contributed by atoms with Gasteiger partial charge in [0.15, 0.2) is 5.78 Å². The van der Waals surface area contributed by atoms with Crippen LogP contribution in [0.1, 0.15) is 52.7 Å². The fraction of sp³-hybridized carbons (Fsp3) is 0.464. The number of carbonyl (C=O) groups is 3. The first-order valence-corrected chi connectivity index (χ1v) is 12.3. The number of piperidine rings is 1. The topological polar surface area (TPSA) is 76.2 Å². The summed E-state index contributed by atoms with van der Waals surface area (Å²) in [5.41, 5.74) is 3.94. The van der Waals surface area contributed by atoms with E-state index in [1.165, 1.54) is 0 Å². The molecule has 0 N–H and O–H groups in total. The number of Topliss-reactive ketones (excluding diaryl/α,β-unsaturated/α-hetero) is 1. The highest BCUT2D eigenvalue weighted by molar-refractivity contribution is 6.02. The number of carbonyl (C=O) groups excluding carboxylic acids is 3. The van der Waals surface area contributed by atoms with Crippen molar-refractivity contribution in [2.75, 3.05) is 31.6 Å². The third-order valence-electron chi connectivity index (χ3n) is 7.86. The molecule has 0 bridgehead atoms. The highest BCUT2D eigenvalue weighted by Gasteiger charge is 2.46. The molecule has 7 nitrogen and oxygen atoms in total. The Kier molecular flexibility index (Phi) is 5.82. The van der Waals surface area contributed by atoms with Crippen LogP contribution in [0.2, 0.25) is 0 Å². The lowest BCUT2D eigenvalue weighted by Gasteiger charge is -2.44. The molecule has 184 valence electrons. The molecule has 1 atom stereocenters. The van der Waals surface area contributed by atoms with Gasteiger partial charge in [0, 0.05) is 38.9 Å². The number of likely N-dealkylation sites (tertiary alicyclic amines) is 1. The second-order valence-electron chi connectivity index (χ2n) is 10.2. The molecule has 7 heteroatoms. The van der Waals surface area contributed by atoms with Crippen molar-refractivity contribution in [3.8, 4) is 11.5 Å². The summed E-state index contributed by atoms with van der Waals surface area (Å²) in [6, 6.07) is 9.54. The molecule has 3 heterocycles. The van der Waals surface area contributed by atoms with Crippen LogP contribution in [0.15, 0.2) is 30.3 Å². The molecule has 5 rings (SSSR count). The molecule has 0 saturated carbocycles. The summed E-state index contributed by atoms with van der Waals surface area (Å²) in [4.78, 5) is 42.7. The zero-order valence-corrected chi connectivity index (χ0v) is 20.8. The maximum Gasteiger partial charge on any atom is 0.228 e. The van der Waals surface area contributed by atoms with Crippen molar-refractivity contribution in [3.63, 3.8) is 0 Å². The Bertz CT molecular complexity index is 1210. The zero-order chi connectivity index (χ0) is 24.9. The molecule has 3 aliphatic heterocycles. The van der Waals surface area contributed by atoms with E-state index < -0.39 is 5.60 Å². The molecule has 2 amide bonds. The minimum Gasteiger partial charge on any atom is -0.495 e. The largest absolute Gasteiger partial charge is 0.495 e. The fourth-order valence-electron chi connectivity index (χ4n) is 5.57. The van der Waals surface area contributed by atoms with Gasteiger partial charge in [0.05, 0.1) is 30.7 Å². The van der Waals surface area contributed by atoms with Gasteiger partial charge in [-0.15, -0.1) is 0 Å². The standard InChI is InChI=1S/C28H32N2O5/c1-17-5-8-24(34-4)22(13-17)30-16-20(14-25(30)32)27(33)29-11-9-28(10-12-29)15-23(31)21-7-6-18(2)19(3)26(21)35-28/h5-8,13,20H,9-12,14-16H2,1-4H3. The monoisotopic (exact) mass is 476 g/mol. The number of amides is 2. The van der Waals surface area contributed by atoms with E-state index in [4.69, 9.17) is 9.47 Å². The van der Waals surface area contributed by atoms with Gasteiger partial charge in [-0.2, -0.15) is 0 Å². The summed E-state index contributed by atoms with van der Waals surface area (Å²) < 4.78 is 11.9. The van der Waals surface area contributed by atoms with Gasteiger partial charge in [0.25, 0.3) is 0 Å². The predicted molar refractivity (Wildman–Crippen MR) is 132 cm³/mol. The molecule has 0 aliphatic carbocycles. The van der Waals surface area contributed by atoms with Gasteiger partial charge < -0.3 is 19.3 Å². The van der Waals surface area contributed by atoms with Gasteiger partial charge in [-0.05, 0) is 55.7 Å². The van der Waals surface area contributed by atoms with Crippen LogP contribution < -0.4 is 14.4 Å². The average Bonchev–Trinajstić information content (AvgIpc) is 3.23. The normalized spacial score (nSPS) is 21.2. The Labute approximate surface area is 206 Å². The maximum absolute atomic E-state index is 13.4. The number of ether oxygens (including phenoxy) is 2. The number of nitrogens with zero attached hydrogens (tertiary/aromatic N) is 2. The lowest BCUT2D eigenvalue weighted by Crippen LogP contribution is -2.53. The van der Waals surface area contributed by atoms with Gasteiger partial charge in [0.2, 0.25) is 11.8 Å². The molecule has 2 aromatic rings. The van der Waals surface area contributed by atoms with Gasteiger partial charge in [-0.25, -0.2) is 0 Å². The average molecular weight is 477 g/mol. The molecule has 2 fully saturated rings. The minimum atomic E-state index is -0.564. The van der Waals surface area contributed by atoms with Crippen LogP contribution in [-0.2, 0) is 9.59 Å². The molecular weight excluding hydrogens is 444 g/mol. The number of anilines is 1. The quantitative estimate of drug-likeness (QED) is 0.669. The number of benzene rings is 2. The summed E-state index contributed by atoms with van der Waals surface area (Å²) >= 11 is 0. The third kappa shape index (κ3) is 4.07. The molecule has 0 aromatic heterocycles. The summed E-state index contributed by atoms with van der Waals surface area (Å²) in [6.45, 7) is 7.36. The Morgan fingerprint density at radius 1 is 1.09 bits per heavy atom. The summed E-state index contributed by atoms with van der Waals surface area (Å²) in [6.07, 6.45) is 1.74. The molecule has 2 aromatic carbocycles. The highest BCUT2D eigenvalue weighted by atomic mass is 16.5. The summed E-state index contributed by atoms with van der Waals surface area (Å²) in [5, 5.41) is 0. The number of methoxy groups -OCH3 is 1. The van der Waals surface area contributed by atoms with Crippen LogP contribution in [0.5, 0.6) is 11.5 Å². The van der Waals surface area contributed by atoms with Gasteiger partial charge in [0.1, 0.15) is 17.1 Å². The number of aryl methyl sites for hydroxylation is 2. The first kappa shape index (κ1) is 23.4. The van der Waals surface area contributed by atoms with E-state index in [-0.39, 0.29) is 29.9 Å². The summed E-state index contributed by atoms with van der Waals surface area (Å²) in [5.74, 6) is 0.980. The number of rotatable bonds is 3. The molecular formula is C28H32N2O5. The number of hydrogen-bond donors (Lipinski definition) is 0. The van der Waals surface area contributed by atoms with Crippen LogP contribution in [0.25, 0.3) is 0 Å². The zero-order valence-electron chi connectivity index (χ0n) is 20.8. The second kappa shape index (κ2) is 8.70. The van der Waals surface area contributed by atoms with E-state index in [0.717, 1.165) is 16.7 Å². The Morgan fingerprint density at radius 2 is 1.83 bits per heavy atom. The van der Waals surface area contributed by atoms with E-state index in [2.05, 4.69) is 0 Å². The van der Waals surface area contributed by atoms with E-state index in [9.17, 15) is 14.4 Å². The third-order valence-corrected chi connectivity index (χ3v) is 7.86. The van der Waals surface area contributed by atoms with Crippen LogP contribution in [-0.4, -0.2) is 54.8 Å². The molecule has 3 aliphatic rings. The van der Waals surface area contributed by atoms with Crippen molar-refractivity contribution in [1.82, 2.24) is 4.90 Å². The predicted octanol–water partition coefficient (Wildman–Crippen LogP) is 4.00. The Morgan fingerprint density at radius 3 is 2.54 bits per heavy atom. The fourth-order valence-corrected chi connectivity index (χ4v) is 5.57. The first-order valence-electron chi connectivity index (χ1n) is 12.3. The van der Waals surface area contributed by atoms with Gasteiger partial charge in [-0.1, -0.05) is 12.1 Å². The van der Waals surface area contributed by atoms with Crippen molar-refractivity contribution in [1.29, 1.82) is 0 Å². The lowest BCUT2D eigenvalue weighted by molar-refractivity contribution is -0.139. The van der Waals surface area contributed by atoms with Gasteiger partial charge >= 0.3 is 0 Å². The van der Waals surface area contributed by atoms with E-state index >= 15 is 0 Å². The van der Waals surface area contributed by atoms with E-state index in [0.29, 0.717) is 61.6 Å². The van der Waals surface area contributed by atoms with Crippen LogP contribution >= 0.6 is 0 Å². The smallest absolute Gasteiger partial charge is 0.228 e. The van der Waals surface area contributed by atoms with Crippen LogP contribution in [0.4, 0.5) is 5.69 Å². The number of ketones is 1. The molecule has 1 unspecified atom stereocenters. The first-order chi connectivity index (χ1) is 16.7. The molecule has 35 heavy (non-hydrogen) atoms. The summed E-state index contributed by atoms with van der Waals surface area (Å²) in [7, 11) is 1.58. The van der Waals surface area contributed by atoms with Crippen molar-refractivity contribution < 1.29 is 23.9 Å². The maximum atomic E-state index is 13.4. The Hall–Kier alpha value is -3.35. The Balaban J connectivity index is 1.27. The highest BCUT2D eigenvalue weighted by Crippen LogP contribution is 2.42. The second-order valence-corrected chi connectivity index (χ2v) is 10.2. The van der Waals surface area contributed by atoms with Crippen molar-refractivity contribution in [2.45, 2.75) is 52.1 Å². The SMILES string of the molecule is COc1ccc(C)cc1N1CC(C(=O)N2CCC3(CC2)CC(=O)c2ccc(C)c(C)c2O3)CC1=O. The van der Waals surface area contributed by atoms with Crippen LogP contribution in [0.3, 0.4) is 0 Å². The van der Waals surface area contributed by atoms with Crippen molar-refractivity contribution in [3.05, 3.63) is 52.6 Å². The van der Waals surface area contributed by atoms with Crippen molar-refractivity contribution in [2.24, 2.45) is 5.92 Å². The van der Waals surface area contributed by atoms with Crippen molar-refractivity contribution >= 4 is 23.3 Å². The van der Waals surface area contributed by atoms with Crippen LogP contribution in [0, 0.1) is 26.7 Å². The van der Waals surface area contributed by atoms with Gasteiger partial charge in [-0.3, -0.25) is 14.4 Å². The van der Waals surface area contributed by atoms with E-state index in [1.54, 1.807) is 12.0 Å². The lowest BCUT2D eigenvalue weighted by atomic mass is 9.81. The number of fused-ring (bicyclic) bond motifs is 1. The minimum absolute atomic E-state index is 0.00289. The molecule has 2 saturated heterocycles. The number of hydrogen-bond acceptors (Lipinski definition) is 5. The molecule has 1 spiro atoms. The molecule has 0 radical (unpaired) electrons.